The number of hydrogen-bond acceptors (Lipinski definition) is 5. The summed E-state index contributed by atoms with van der Waals surface area (Å²) in [7, 11) is 0. The minimum atomic E-state index is -0.464. The third kappa shape index (κ3) is 5.01. The number of carbonyl (C=O) groups excluding carboxylic acids is 2. The number of piperazine rings is 1. The molecule has 1 aromatic carbocycles. The molecule has 0 radical (unpaired) electrons. The van der Waals surface area contributed by atoms with Crippen molar-refractivity contribution in [2.75, 3.05) is 26.2 Å². The average Bonchev–Trinajstić information content (AvgIpc) is 3.20. The summed E-state index contributed by atoms with van der Waals surface area (Å²) in [5.41, 5.74) is 0.747. The molecule has 0 unspecified atom stereocenters. The third-order valence-corrected chi connectivity index (χ3v) is 5.22. The average molecular weight is 385 g/mol. The molecule has 1 saturated heterocycles. The summed E-state index contributed by atoms with van der Waals surface area (Å²) >= 11 is 1.57. The van der Waals surface area contributed by atoms with Gasteiger partial charge in [-0.05, 0) is 23.1 Å². The van der Waals surface area contributed by atoms with Crippen molar-refractivity contribution in [2.24, 2.45) is 0 Å². The highest BCUT2D eigenvalue weighted by Crippen LogP contribution is 2.14. The molecule has 1 aromatic heterocycles. The number of benzene rings is 1. The predicted molar refractivity (Wildman–Crippen MR) is 103 cm³/mol. The van der Waals surface area contributed by atoms with Crippen molar-refractivity contribution in [3.63, 3.8) is 0 Å². The van der Waals surface area contributed by atoms with E-state index >= 15 is 0 Å². The summed E-state index contributed by atoms with van der Waals surface area (Å²) in [5, 5.41) is 12.6. The van der Waals surface area contributed by atoms with Crippen LogP contribution < -0.4 is 0 Å². The second-order valence-corrected chi connectivity index (χ2v) is 7.13. The Balaban J connectivity index is 1.48. The van der Waals surface area contributed by atoms with Crippen molar-refractivity contribution < 1.29 is 14.5 Å². The van der Waals surface area contributed by atoms with E-state index in [1.165, 1.54) is 12.1 Å². The maximum Gasteiger partial charge on any atom is 0.269 e. The second-order valence-electron chi connectivity index (χ2n) is 6.16. The molecule has 27 heavy (non-hydrogen) atoms. The number of nitrogens with zero attached hydrogens (tertiary/aromatic N) is 3. The van der Waals surface area contributed by atoms with Crippen LogP contribution in [0.5, 0.6) is 0 Å². The molecule has 0 bridgehead atoms. The Morgan fingerprint density at radius 2 is 1.74 bits per heavy atom. The molecule has 0 saturated carbocycles. The van der Waals surface area contributed by atoms with Gasteiger partial charge in [-0.1, -0.05) is 18.2 Å². The molecule has 0 spiro atoms. The van der Waals surface area contributed by atoms with Crippen LogP contribution in [-0.4, -0.2) is 52.7 Å². The lowest BCUT2D eigenvalue weighted by atomic mass is 10.1. The van der Waals surface area contributed by atoms with Crippen molar-refractivity contribution in [1.82, 2.24) is 9.80 Å². The minimum absolute atomic E-state index is 0.00827. The van der Waals surface area contributed by atoms with Gasteiger partial charge in [0.25, 0.3) is 5.69 Å². The number of non-ortho nitro benzene ring substituents is 1. The maximum absolute atomic E-state index is 12.4. The van der Waals surface area contributed by atoms with Gasteiger partial charge in [0.1, 0.15) is 0 Å². The van der Waals surface area contributed by atoms with Gasteiger partial charge in [-0.2, -0.15) is 0 Å². The highest BCUT2D eigenvalue weighted by molar-refractivity contribution is 7.10. The lowest BCUT2D eigenvalue weighted by Crippen LogP contribution is -2.50. The monoisotopic (exact) mass is 385 g/mol. The molecular weight excluding hydrogens is 366 g/mol. The van der Waals surface area contributed by atoms with E-state index in [1.807, 2.05) is 17.5 Å². The SMILES string of the molecule is O=C(/C=C/c1cccs1)N1CCN(C(=O)Cc2ccc([N+](=O)[O-])cc2)CC1. The third-order valence-electron chi connectivity index (χ3n) is 4.38. The van der Waals surface area contributed by atoms with Gasteiger partial charge < -0.3 is 9.80 Å². The zero-order valence-electron chi connectivity index (χ0n) is 14.6. The first-order chi connectivity index (χ1) is 13.0. The Bertz CT molecular complexity index is 838. The minimum Gasteiger partial charge on any atom is -0.339 e. The van der Waals surface area contributed by atoms with E-state index in [0.29, 0.717) is 26.2 Å². The largest absolute Gasteiger partial charge is 0.339 e. The molecule has 3 rings (SSSR count). The van der Waals surface area contributed by atoms with Gasteiger partial charge in [-0.15, -0.1) is 11.3 Å². The van der Waals surface area contributed by atoms with Gasteiger partial charge in [-0.3, -0.25) is 19.7 Å². The summed E-state index contributed by atoms with van der Waals surface area (Å²) in [6.45, 7) is 1.98. The summed E-state index contributed by atoms with van der Waals surface area (Å²) in [6.07, 6.45) is 3.57. The van der Waals surface area contributed by atoms with E-state index in [2.05, 4.69) is 0 Å². The van der Waals surface area contributed by atoms with Crippen LogP contribution in [0.3, 0.4) is 0 Å². The fourth-order valence-electron chi connectivity index (χ4n) is 2.84. The van der Waals surface area contributed by atoms with Crippen LogP contribution in [0.1, 0.15) is 10.4 Å². The zero-order valence-corrected chi connectivity index (χ0v) is 15.4. The van der Waals surface area contributed by atoms with Crippen LogP contribution in [0.25, 0.3) is 6.08 Å². The maximum atomic E-state index is 12.4. The molecule has 1 aliphatic heterocycles. The van der Waals surface area contributed by atoms with Gasteiger partial charge in [-0.25, -0.2) is 0 Å². The summed E-state index contributed by atoms with van der Waals surface area (Å²) in [4.78, 5) is 39.4. The second kappa shape index (κ2) is 8.59. The van der Waals surface area contributed by atoms with Crippen LogP contribution in [0, 0.1) is 10.1 Å². The molecule has 8 heteroatoms. The van der Waals surface area contributed by atoms with Crippen molar-refractivity contribution >= 4 is 34.9 Å². The molecule has 1 fully saturated rings. The molecule has 0 atom stereocenters. The highest BCUT2D eigenvalue weighted by Gasteiger charge is 2.23. The summed E-state index contributed by atoms with van der Waals surface area (Å²) in [6, 6.07) is 9.89. The van der Waals surface area contributed by atoms with Gasteiger partial charge in [0.15, 0.2) is 0 Å². The number of thiophene rings is 1. The Kier molecular flexibility index (Phi) is 5.97. The number of carbonyl (C=O) groups is 2. The summed E-state index contributed by atoms with van der Waals surface area (Å²) < 4.78 is 0. The van der Waals surface area contributed by atoms with Crippen LogP contribution in [0.4, 0.5) is 5.69 Å². The Morgan fingerprint density at radius 3 is 2.33 bits per heavy atom. The van der Waals surface area contributed by atoms with E-state index < -0.39 is 4.92 Å². The zero-order chi connectivity index (χ0) is 19.2. The fraction of sp³-hybridized carbons (Fsp3) is 0.263. The number of amides is 2. The first-order valence-corrected chi connectivity index (χ1v) is 9.42. The number of nitro benzene ring substituents is 1. The molecule has 2 heterocycles. The van der Waals surface area contributed by atoms with Crippen molar-refractivity contribution in [3.8, 4) is 0 Å². The van der Waals surface area contributed by atoms with E-state index in [9.17, 15) is 19.7 Å². The van der Waals surface area contributed by atoms with Gasteiger partial charge in [0.05, 0.1) is 11.3 Å². The van der Waals surface area contributed by atoms with E-state index in [-0.39, 0.29) is 23.9 Å². The molecule has 1 aliphatic rings. The summed E-state index contributed by atoms with van der Waals surface area (Å²) in [5.74, 6) is -0.0871. The Morgan fingerprint density at radius 1 is 1.07 bits per heavy atom. The fourth-order valence-corrected chi connectivity index (χ4v) is 3.46. The molecular formula is C19H19N3O4S. The van der Waals surface area contributed by atoms with E-state index in [0.717, 1.165) is 10.4 Å². The quantitative estimate of drug-likeness (QED) is 0.450. The topological polar surface area (TPSA) is 83.8 Å². The first-order valence-electron chi connectivity index (χ1n) is 8.54. The number of hydrogen-bond donors (Lipinski definition) is 0. The van der Waals surface area contributed by atoms with Crippen LogP contribution in [0.2, 0.25) is 0 Å². The normalized spacial score (nSPS) is 14.5. The first kappa shape index (κ1) is 18.8. The Labute approximate surface area is 160 Å². The lowest BCUT2D eigenvalue weighted by molar-refractivity contribution is -0.384. The van der Waals surface area contributed by atoms with Crippen molar-refractivity contribution in [3.05, 3.63) is 68.4 Å². The molecule has 0 N–H and O–H groups in total. The molecule has 2 amide bonds. The van der Waals surface area contributed by atoms with Crippen LogP contribution >= 0.6 is 11.3 Å². The Hall–Kier alpha value is -3.00. The molecule has 7 nitrogen and oxygen atoms in total. The van der Waals surface area contributed by atoms with E-state index in [4.69, 9.17) is 0 Å². The highest BCUT2D eigenvalue weighted by atomic mass is 32.1. The van der Waals surface area contributed by atoms with Crippen LogP contribution in [-0.2, 0) is 16.0 Å². The number of nitro groups is 1. The van der Waals surface area contributed by atoms with Gasteiger partial charge in [0.2, 0.25) is 11.8 Å². The number of rotatable bonds is 5. The molecule has 140 valence electrons. The van der Waals surface area contributed by atoms with E-state index in [1.54, 1.807) is 45.4 Å². The molecule has 2 aromatic rings. The van der Waals surface area contributed by atoms with Gasteiger partial charge >= 0.3 is 0 Å². The van der Waals surface area contributed by atoms with Crippen molar-refractivity contribution in [2.45, 2.75) is 6.42 Å². The smallest absolute Gasteiger partial charge is 0.269 e. The molecule has 0 aliphatic carbocycles. The van der Waals surface area contributed by atoms with Crippen molar-refractivity contribution in [1.29, 1.82) is 0 Å². The standard InChI is InChI=1S/C19H19N3O4S/c23-18(8-7-17-2-1-13-27-17)20-9-11-21(12-10-20)19(24)14-15-3-5-16(6-4-15)22(25)26/h1-8,13H,9-12,14H2/b8-7+. The predicted octanol–water partition coefficient (Wildman–Crippen LogP) is 2.58. The van der Waals surface area contributed by atoms with Crippen LogP contribution in [0.15, 0.2) is 47.9 Å². The lowest BCUT2D eigenvalue weighted by Gasteiger charge is -2.34. The van der Waals surface area contributed by atoms with Gasteiger partial charge in [0, 0.05) is 49.3 Å².